The van der Waals surface area contributed by atoms with Gasteiger partial charge in [0.15, 0.2) is 6.21 Å². The maximum Gasteiger partial charge on any atom is 0.306 e. The first kappa shape index (κ1) is 22.4. The Labute approximate surface area is 160 Å². The Kier molecular flexibility index (Phi) is 8.52. The lowest BCUT2D eigenvalue weighted by Gasteiger charge is -2.32. The molecule has 0 aromatic rings. The van der Waals surface area contributed by atoms with Gasteiger partial charge in [0, 0.05) is 12.5 Å². The summed E-state index contributed by atoms with van der Waals surface area (Å²) in [6.07, 6.45) is 13.5. The molecule has 0 saturated heterocycles. The number of allylic oxidation sites excluding steroid dienone is 6. The summed E-state index contributed by atoms with van der Waals surface area (Å²) >= 11 is 0. The van der Waals surface area contributed by atoms with Crippen LogP contribution in [0.1, 0.15) is 80.6 Å². The number of esters is 1. The predicted molar refractivity (Wildman–Crippen MR) is 110 cm³/mol. The number of carbonyl (C=O) groups excluding carboxylic acids is 1. The van der Waals surface area contributed by atoms with Crippen LogP contribution in [0.2, 0.25) is 0 Å². The molecule has 0 spiro atoms. The van der Waals surface area contributed by atoms with Crippen molar-refractivity contribution in [3.05, 3.63) is 34.9 Å². The monoisotopic (exact) mass is 360 g/mol. The Morgan fingerprint density at radius 3 is 2.62 bits per heavy atom. The molecule has 0 aromatic heterocycles. The number of hydrogen-bond acceptors (Lipinski definition) is 2. The zero-order chi connectivity index (χ0) is 19.8. The van der Waals surface area contributed by atoms with Gasteiger partial charge in [-0.1, -0.05) is 31.6 Å². The zero-order valence-corrected chi connectivity index (χ0v) is 17.9. The lowest BCUT2D eigenvalue weighted by Crippen LogP contribution is -2.68. The van der Waals surface area contributed by atoms with Gasteiger partial charge < -0.3 is 4.74 Å². The Morgan fingerprint density at radius 2 is 2.00 bits per heavy atom. The largest absolute Gasteiger partial charge is 0.460 e. The molecule has 0 unspecified atom stereocenters. The highest BCUT2D eigenvalue weighted by molar-refractivity contribution is 5.70. The van der Waals surface area contributed by atoms with Gasteiger partial charge in [0.25, 0.3) is 0 Å². The summed E-state index contributed by atoms with van der Waals surface area (Å²) in [7, 11) is 0. The summed E-state index contributed by atoms with van der Waals surface area (Å²) in [5.74, 6) is -0.132. The molecule has 3 nitrogen and oxygen atoms in total. The van der Waals surface area contributed by atoms with E-state index < -0.39 is 5.60 Å². The van der Waals surface area contributed by atoms with Crippen molar-refractivity contribution in [2.45, 2.75) is 86.2 Å². The molecular weight excluding hydrogens is 322 g/mol. The normalized spacial score (nSPS) is 18.8. The van der Waals surface area contributed by atoms with Gasteiger partial charge >= 0.3 is 5.97 Å². The lowest BCUT2D eigenvalue weighted by atomic mass is 9.72. The van der Waals surface area contributed by atoms with E-state index >= 15 is 0 Å². The summed E-state index contributed by atoms with van der Waals surface area (Å²) in [5.41, 5.74) is 4.11. The molecule has 26 heavy (non-hydrogen) atoms. The van der Waals surface area contributed by atoms with Crippen LogP contribution in [-0.4, -0.2) is 24.3 Å². The Hall–Kier alpha value is -1.64. The molecule has 0 radical (unpaired) electrons. The molecular formula is C23H38NO2+. The molecule has 146 valence electrons. The SMILES string of the molecule is CC1=C(/C=C/C(C)=C/C=[NH+]CCCC(=O)OC(C)(C)C)C(C)(C)CCC1. The third-order valence-corrected chi connectivity index (χ3v) is 4.64. The van der Waals surface area contributed by atoms with Crippen LogP contribution in [0.4, 0.5) is 0 Å². The zero-order valence-electron chi connectivity index (χ0n) is 17.9. The highest BCUT2D eigenvalue weighted by Crippen LogP contribution is 2.40. The molecule has 0 saturated carbocycles. The van der Waals surface area contributed by atoms with Gasteiger partial charge in [0.1, 0.15) is 12.1 Å². The van der Waals surface area contributed by atoms with Crippen LogP contribution >= 0.6 is 0 Å². The predicted octanol–water partition coefficient (Wildman–Crippen LogP) is 4.29. The van der Waals surface area contributed by atoms with Crippen molar-refractivity contribution in [1.82, 2.24) is 0 Å². The molecule has 3 heteroatoms. The van der Waals surface area contributed by atoms with Gasteiger partial charge in [0.05, 0.1) is 6.42 Å². The molecule has 1 aliphatic rings. The van der Waals surface area contributed by atoms with Crippen LogP contribution in [0, 0.1) is 5.41 Å². The first-order valence-corrected chi connectivity index (χ1v) is 9.85. The first-order chi connectivity index (χ1) is 12.0. The third kappa shape index (κ3) is 8.64. The maximum atomic E-state index is 11.6. The molecule has 1 N–H and O–H groups in total. The van der Waals surface area contributed by atoms with Gasteiger partial charge in [-0.05, 0) is 70.4 Å². The molecule has 0 heterocycles. The van der Waals surface area contributed by atoms with Gasteiger partial charge in [-0.3, -0.25) is 4.79 Å². The molecule has 1 rings (SSSR count). The minimum absolute atomic E-state index is 0.132. The van der Waals surface area contributed by atoms with E-state index in [4.69, 9.17) is 4.74 Å². The average Bonchev–Trinajstić information content (AvgIpc) is 2.47. The van der Waals surface area contributed by atoms with Crippen molar-refractivity contribution in [2.75, 3.05) is 6.54 Å². The van der Waals surface area contributed by atoms with Crippen LogP contribution in [0.5, 0.6) is 0 Å². The van der Waals surface area contributed by atoms with Crippen molar-refractivity contribution in [3.8, 4) is 0 Å². The number of rotatable bonds is 7. The van der Waals surface area contributed by atoms with Gasteiger partial charge in [0.2, 0.25) is 0 Å². The Balaban J connectivity index is 2.44. The van der Waals surface area contributed by atoms with E-state index in [2.05, 4.69) is 50.9 Å². The van der Waals surface area contributed by atoms with Crippen molar-refractivity contribution < 1.29 is 14.5 Å². The third-order valence-electron chi connectivity index (χ3n) is 4.64. The summed E-state index contributed by atoms with van der Waals surface area (Å²) in [6, 6.07) is 0. The Morgan fingerprint density at radius 1 is 1.31 bits per heavy atom. The molecule has 1 aliphatic carbocycles. The van der Waals surface area contributed by atoms with Crippen molar-refractivity contribution in [2.24, 2.45) is 5.41 Å². The molecule has 0 atom stereocenters. The van der Waals surface area contributed by atoms with E-state index in [0.717, 1.165) is 13.0 Å². The van der Waals surface area contributed by atoms with Gasteiger partial charge in [-0.15, -0.1) is 0 Å². The van der Waals surface area contributed by atoms with E-state index in [-0.39, 0.29) is 11.4 Å². The quantitative estimate of drug-likeness (QED) is 0.318. The highest BCUT2D eigenvalue weighted by Gasteiger charge is 2.26. The fourth-order valence-corrected chi connectivity index (χ4v) is 3.28. The first-order valence-electron chi connectivity index (χ1n) is 9.85. The summed E-state index contributed by atoms with van der Waals surface area (Å²) in [4.78, 5) is 14.9. The van der Waals surface area contributed by atoms with Gasteiger partial charge in [-0.2, -0.15) is 0 Å². The van der Waals surface area contributed by atoms with Crippen molar-refractivity contribution in [1.29, 1.82) is 0 Å². The Bertz CT molecular complexity index is 598. The standard InChI is InChI=1S/C23H37NO2/c1-18(12-13-20-19(2)10-8-15-23(20,6)7)14-17-24-16-9-11-21(25)26-22(3,4)5/h12-14,17H,8-11,15-16H2,1-7H3/p+1/b13-12+,18-14+,24-17?. The summed E-state index contributed by atoms with van der Waals surface area (Å²) in [6.45, 7) is 15.5. The minimum Gasteiger partial charge on any atom is -0.460 e. The molecule has 0 amide bonds. The number of ether oxygens (including phenoxy) is 1. The summed E-state index contributed by atoms with van der Waals surface area (Å²) in [5, 5.41) is 0. The van der Waals surface area contributed by atoms with E-state index in [1.165, 1.54) is 36.0 Å². The lowest BCUT2D eigenvalue weighted by molar-refractivity contribution is -0.451. The topological polar surface area (TPSA) is 40.3 Å². The van der Waals surface area contributed by atoms with E-state index in [1.807, 2.05) is 27.0 Å². The fourth-order valence-electron chi connectivity index (χ4n) is 3.28. The van der Waals surface area contributed by atoms with E-state index in [9.17, 15) is 4.79 Å². The number of carbonyl (C=O) groups is 1. The average molecular weight is 361 g/mol. The molecule has 0 aromatic carbocycles. The smallest absolute Gasteiger partial charge is 0.306 e. The summed E-state index contributed by atoms with van der Waals surface area (Å²) < 4.78 is 5.30. The fraction of sp³-hybridized carbons (Fsp3) is 0.652. The number of nitrogens with one attached hydrogen (secondary N) is 1. The number of hydrogen-bond donors (Lipinski definition) is 1. The van der Waals surface area contributed by atoms with Crippen LogP contribution in [0.3, 0.4) is 0 Å². The van der Waals surface area contributed by atoms with Crippen LogP contribution < -0.4 is 4.99 Å². The van der Waals surface area contributed by atoms with Gasteiger partial charge in [-0.25, -0.2) is 4.99 Å². The molecule has 0 bridgehead atoms. The van der Waals surface area contributed by atoms with Crippen molar-refractivity contribution >= 4 is 12.2 Å². The molecule has 0 aliphatic heterocycles. The van der Waals surface area contributed by atoms with E-state index in [1.54, 1.807) is 0 Å². The maximum absolute atomic E-state index is 11.6. The minimum atomic E-state index is -0.399. The van der Waals surface area contributed by atoms with Crippen LogP contribution in [0.25, 0.3) is 0 Å². The second kappa shape index (κ2) is 9.89. The van der Waals surface area contributed by atoms with E-state index in [0.29, 0.717) is 6.42 Å². The molecule has 0 fully saturated rings. The van der Waals surface area contributed by atoms with Crippen molar-refractivity contribution in [3.63, 3.8) is 0 Å². The second-order valence-electron chi connectivity index (χ2n) is 8.99. The van der Waals surface area contributed by atoms with Crippen LogP contribution in [-0.2, 0) is 9.53 Å². The highest BCUT2D eigenvalue weighted by atomic mass is 16.6. The second-order valence-corrected chi connectivity index (χ2v) is 8.99. The van der Waals surface area contributed by atoms with Crippen LogP contribution in [0.15, 0.2) is 34.9 Å².